The fraction of sp³-hybridized carbons (Fsp3) is 0.588. The zero-order chi connectivity index (χ0) is 16.8. The van der Waals surface area contributed by atoms with Crippen LogP contribution >= 0.6 is 0 Å². The zero-order valence-electron chi connectivity index (χ0n) is 14.2. The lowest BCUT2D eigenvalue weighted by atomic mass is 10.1. The SMILES string of the molecule is Cc1cc(CNCCCNC(=O)OC(C)(C)C)cc(C)c1F. The average molecular weight is 310 g/mol. The topological polar surface area (TPSA) is 50.4 Å². The number of amides is 1. The first-order valence-electron chi connectivity index (χ1n) is 7.62. The van der Waals surface area contributed by atoms with Crippen molar-refractivity contribution in [3.8, 4) is 0 Å². The lowest BCUT2D eigenvalue weighted by Gasteiger charge is -2.19. The number of nitrogens with one attached hydrogen (secondary N) is 2. The molecule has 1 aromatic carbocycles. The summed E-state index contributed by atoms with van der Waals surface area (Å²) in [6.45, 7) is 11.1. The van der Waals surface area contributed by atoms with Gasteiger partial charge in [0.25, 0.3) is 0 Å². The molecule has 0 aliphatic heterocycles. The molecule has 22 heavy (non-hydrogen) atoms. The summed E-state index contributed by atoms with van der Waals surface area (Å²) in [7, 11) is 0. The predicted molar refractivity (Wildman–Crippen MR) is 86.4 cm³/mol. The first-order chi connectivity index (χ1) is 10.2. The lowest BCUT2D eigenvalue weighted by molar-refractivity contribution is 0.0527. The minimum atomic E-state index is -0.472. The molecule has 1 aromatic rings. The third kappa shape index (κ3) is 6.89. The highest BCUT2D eigenvalue weighted by atomic mass is 19.1. The van der Waals surface area contributed by atoms with Crippen LogP contribution in [-0.4, -0.2) is 24.8 Å². The standard InChI is InChI=1S/C17H27FN2O2/c1-12-9-14(10-13(2)15(12)18)11-19-7-6-8-20-16(21)22-17(3,4)5/h9-10,19H,6-8,11H2,1-5H3,(H,20,21). The van der Waals surface area contributed by atoms with Crippen LogP contribution in [0.15, 0.2) is 12.1 Å². The number of hydrogen-bond donors (Lipinski definition) is 2. The smallest absolute Gasteiger partial charge is 0.407 e. The van der Waals surface area contributed by atoms with E-state index in [4.69, 9.17) is 4.74 Å². The Morgan fingerprint density at radius 1 is 1.18 bits per heavy atom. The highest BCUT2D eigenvalue weighted by molar-refractivity contribution is 5.67. The molecule has 124 valence electrons. The fourth-order valence-electron chi connectivity index (χ4n) is 2.09. The predicted octanol–water partition coefficient (Wildman–Crippen LogP) is 3.45. The highest BCUT2D eigenvalue weighted by Crippen LogP contribution is 2.14. The van der Waals surface area contributed by atoms with Crippen LogP contribution in [0.2, 0.25) is 0 Å². The molecule has 0 atom stereocenters. The van der Waals surface area contributed by atoms with Gasteiger partial charge in [-0.2, -0.15) is 0 Å². The van der Waals surface area contributed by atoms with Crippen molar-refractivity contribution in [2.45, 2.75) is 53.2 Å². The summed E-state index contributed by atoms with van der Waals surface area (Å²) in [4.78, 5) is 11.4. The third-order valence-electron chi connectivity index (χ3n) is 3.02. The number of halogens is 1. The number of aryl methyl sites for hydroxylation is 2. The summed E-state index contributed by atoms with van der Waals surface area (Å²) in [5.41, 5.74) is 1.93. The number of hydrogen-bond acceptors (Lipinski definition) is 3. The van der Waals surface area contributed by atoms with E-state index in [1.54, 1.807) is 13.8 Å². The summed E-state index contributed by atoms with van der Waals surface area (Å²) < 4.78 is 18.7. The molecular formula is C17H27FN2O2. The quantitative estimate of drug-likeness (QED) is 0.791. The maximum atomic E-state index is 13.5. The maximum Gasteiger partial charge on any atom is 0.407 e. The van der Waals surface area contributed by atoms with Crippen LogP contribution in [0.3, 0.4) is 0 Å². The van der Waals surface area contributed by atoms with E-state index >= 15 is 0 Å². The fourth-order valence-corrected chi connectivity index (χ4v) is 2.09. The molecule has 0 saturated carbocycles. The van der Waals surface area contributed by atoms with Gasteiger partial charge in [-0.25, -0.2) is 9.18 Å². The third-order valence-corrected chi connectivity index (χ3v) is 3.02. The summed E-state index contributed by atoms with van der Waals surface area (Å²) in [6.07, 6.45) is 0.413. The Balaban J connectivity index is 2.20. The van der Waals surface area contributed by atoms with Crippen molar-refractivity contribution in [1.82, 2.24) is 10.6 Å². The molecule has 0 spiro atoms. The van der Waals surface area contributed by atoms with E-state index in [0.717, 1.165) is 18.5 Å². The molecule has 0 bridgehead atoms. The molecule has 1 rings (SSSR count). The highest BCUT2D eigenvalue weighted by Gasteiger charge is 2.15. The van der Waals surface area contributed by atoms with Crippen LogP contribution < -0.4 is 10.6 Å². The number of rotatable bonds is 6. The second-order valence-corrected chi connectivity index (χ2v) is 6.50. The summed E-state index contributed by atoms with van der Waals surface area (Å²) in [6, 6.07) is 3.71. The minimum Gasteiger partial charge on any atom is -0.444 e. The van der Waals surface area contributed by atoms with E-state index in [2.05, 4.69) is 10.6 Å². The number of ether oxygens (including phenoxy) is 1. The van der Waals surface area contributed by atoms with Crippen molar-refractivity contribution in [1.29, 1.82) is 0 Å². The van der Waals surface area contributed by atoms with Gasteiger partial charge < -0.3 is 15.4 Å². The van der Waals surface area contributed by atoms with Crippen LogP contribution in [-0.2, 0) is 11.3 Å². The Bertz CT molecular complexity index is 487. The second kappa shape index (κ2) is 8.13. The Morgan fingerprint density at radius 2 is 1.77 bits per heavy atom. The van der Waals surface area contributed by atoms with E-state index < -0.39 is 11.7 Å². The van der Waals surface area contributed by atoms with E-state index in [-0.39, 0.29) is 5.82 Å². The average Bonchev–Trinajstić information content (AvgIpc) is 2.37. The Morgan fingerprint density at radius 3 is 2.32 bits per heavy atom. The van der Waals surface area contributed by atoms with E-state index in [1.165, 1.54) is 0 Å². The van der Waals surface area contributed by atoms with Crippen LogP contribution in [0.1, 0.15) is 43.9 Å². The van der Waals surface area contributed by atoms with Crippen LogP contribution in [0, 0.1) is 19.7 Å². The molecule has 0 heterocycles. The van der Waals surface area contributed by atoms with Gasteiger partial charge in [0.15, 0.2) is 0 Å². The van der Waals surface area contributed by atoms with Gasteiger partial charge in [-0.3, -0.25) is 0 Å². The van der Waals surface area contributed by atoms with Gasteiger partial charge in [-0.1, -0.05) is 12.1 Å². The Labute approximate surface area is 132 Å². The van der Waals surface area contributed by atoms with Crippen molar-refractivity contribution in [3.63, 3.8) is 0 Å². The van der Waals surface area contributed by atoms with Crippen LogP contribution in [0.25, 0.3) is 0 Å². The van der Waals surface area contributed by atoms with E-state index in [0.29, 0.717) is 24.2 Å². The van der Waals surface area contributed by atoms with Crippen molar-refractivity contribution < 1.29 is 13.9 Å². The van der Waals surface area contributed by atoms with Gasteiger partial charge in [0.05, 0.1) is 0 Å². The summed E-state index contributed by atoms with van der Waals surface area (Å²) in [5, 5.41) is 6.00. The molecule has 5 heteroatoms. The van der Waals surface area contributed by atoms with E-state index in [1.807, 2.05) is 32.9 Å². The summed E-state index contributed by atoms with van der Waals surface area (Å²) in [5.74, 6) is -0.134. The first kappa shape index (κ1) is 18.4. The van der Waals surface area contributed by atoms with Crippen molar-refractivity contribution in [2.24, 2.45) is 0 Å². The number of carbonyl (C=O) groups is 1. The summed E-state index contributed by atoms with van der Waals surface area (Å²) >= 11 is 0. The molecule has 0 aromatic heterocycles. The number of benzene rings is 1. The van der Waals surface area contributed by atoms with Crippen molar-refractivity contribution in [3.05, 3.63) is 34.6 Å². The van der Waals surface area contributed by atoms with Gasteiger partial charge >= 0.3 is 6.09 Å². The van der Waals surface area contributed by atoms with Gasteiger partial charge in [-0.15, -0.1) is 0 Å². The maximum absolute atomic E-state index is 13.5. The van der Waals surface area contributed by atoms with Gasteiger partial charge in [0.2, 0.25) is 0 Å². The Kier molecular flexibility index (Phi) is 6.81. The van der Waals surface area contributed by atoms with Gasteiger partial charge in [0, 0.05) is 13.1 Å². The molecule has 0 radical (unpaired) electrons. The van der Waals surface area contributed by atoms with Crippen molar-refractivity contribution >= 4 is 6.09 Å². The molecule has 0 unspecified atom stereocenters. The normalized spacial score (nSPS) is 11.4. The first-order valence-corrected chi connectivity index (χ1v) is 7.62. The van der Waals surface area contributed by atoms with Crippen LogP contribution in [0.4, 0.5) is 9.18 Å². The second-order valence-electron chi connectivity index (χ2n) is 6.50. The minimum absolute atomic E-state index is 0.134. The van der Waals surface area contributed by atoms with Crippen LogP contribution in [0.5, 0.6) is 0 Å². The number of alkyl carbamates (subject to hydrolysis) is 1. The molecule has 0 fully saturated rings. The van der Waals surface area contributed by atoms with E-state index in [9.17, 15) is 9.18 Å². The monoisotopic (exact) mass is 310 g/mol. The van der Waals surface area contributed by atoms with Crippen molar-refractivity contribution in [2.75, 3.05) is 13.1 Å². The largest absolute Gasteiger partial charge is 0.444 e. The van der Waals surface area contributed by atoms with Gasteiger partial charge in [-0.05, 0) is 64.3 Å². The molecule has 4 nitrogen and oxygen atoms in total. The van der Waals surface area contributed by atoms with Gasteiger partial charge in [0.1, 0.15) is 11.4 Å². The molecule has 2 N–H and O–H groups in total. The Hall–Kier alpha value is -1.62. The molecular weight excluding hydrogens is 283 g/mol. The lowest BCUT2D eigenvalue weighted by Crippen LogP contribution is -2.33. The molecule has 0 aliphatic rings. The zero-order valence-corrected chi connectivity index (χ0v) is 14.2. The molecule has 0 saturated heterocycles. The number of carbonyl (C=O) groups excluding carboxylic acids is 1. The molecule has 1 amide bonds. The molecule has 0 aliphatic carbocycles.